The van der Waals surface area contributed by atoms with E-state index in [-0.39, 0.29) is 36.1 Å². The van der Waals surface area contributed by atoms with Crippen LogP contribution in [0.4, 0.5) is 0 Å². The Bertz CT molecular complexity index is 431. The minimum absolute atomic E-state index is 0. The molecule has 0 heterocycles. The number of hydrogen-bond acceptors (Lipinski definition) is 4. The van der Waals surface area contributed by atoms with Gasteiger partial charge in [-0.1, -0.05) is 19.8 Å². The fraction of sp³-hybridized carbons (Fsp3) is 1.00. The molecule has 0 aliphatic rings. The monoisotopic (exact) mass is 346 g/mol. The molecule has 0 aromatic carbocycles. The van der Waals surface area contributed by atoms with Crippen LogP contribution in [0.1, 0.15) is 36.7 Å². The fourth-order valence-electron chi connectivity index (χ4n) is 1.41. The van der Waals surface area contributed by atoms with Crippen molar-refractivity contribution in [3.8, 4) is 0 Å². The van der Waals surface area contributed by atoms with Gasteiger partial charge in [-0.2, -0.15) is 0 Å². The summed E-state index contributed by atoms with van der Waals surface area (Å²) in [7, 11) is -11.1. The Labute approximate surface area is 145 Å². The summed E-state index contributed by atoms with van der Waals surface area (Å²) in [6.45, 7) is -1.23. The summed E-state index contributed by atoms with van der Waals surface area (Å²) in [6, 6.07) is 0. The molecule has 0 bridgehead atoms. The largest absolute Gasteiger partial charge is 0.369 e. The molecule has 0 amide bonds. The fourth-order valence-corrected chi connectivity index (χ4v) is 3.55. The first-order chi connectivity index (χ1) is 9.67. The standard InChI is InChI=1S/C9H23NO7P2.Na/c1-3-4-5-7-10(2)8-6-9(11,18(12,13)14)19(15,16)17;/h11H,3-8H2,1-2H3,(H2,12,13,14)(H2,15,16,17);/i2+1D3;. The van der Waals surface area contributed by atoms with Crippen molar-refractivity contribution in [2.24, 2.45) is 0 Å². The molecule has 0 aromatic heterocycles. The van der Waals surface area contributed by atoms with Gasteiger partial charge in [-0.25, -0.2) is 0 Å². The molecule has 0 fully saturated rings. The molecule has 0 unspecified atom stereocenters. The molecule has 0 saturated heterocycles. The van der Waals surface area contributed by atoms with E-state index in [0.29, 0.717) is 6.42 Å². The summed E-state index contributed by atoms with van der Waals surface area (Å²) in [5, 5.41) is 6.14. The third-order valence-electron chi connectivity index (χ3n) is 2.68. The van der Waals surface area contributed by atoms with E-state index in [2.05, 4.69) is 0 Å². The Morgan fingerprint density at radius 3 is 1.95 bits per heavy atom. The third-order valence-corrected chi connectivity index (χ3v) is 6.56. The van der Waals surface area contributed by atoms with Crippen molar-refractivity contribution in [1.29, 1.82) is 0 Å². The Morgan fingerprint density at radius 2 is 1.60 bits per heavy atom. The predicted octanol–water partition coefficient (Wildman–Crippen LogP) is 0.119. The molecule has 1 radical (unpaired) electrons. The predicted molar refractivity (Wildman–Crippen MR) is 76.4 cm³/mol. The second kappa shape index (κ2) is 9.38. The van der Waals surface area contributed by atoms with Gasteiger partial charge in [-0.05, 0) is 19.9 Å². The Balaban J connectivity index is 0. The van der Waals surface area contributed by atoms with Crippen molar-refractivity contribution in [1.82, 2.24) is 4.90 Å². The smallest absolute Gasteiger partial charge is 0.367 e. The zero-order valence-electron chi connectivity index (χ0n) is 14.6. The summed E-state index contributed by atoms with van der Waals surface area (Å²) < 4.78 is 44.4. The molecule has 117 valence electrons. The first-order valence-corrected chi connectivity index (χ1v) is 8.98. The molecule has 0 aliphatic heterocycles. The van der Waals surface area contributed by atoms with Crippen molar-refractivity contribution in [3.05, 3.63) is 0 Å². The van der Waals surface area contributed by atoms with Crippen LogP contribution in [0.25, 0.3) is 0 Å². The van der Waals surface area contributed by atoms with Crippen LogP contribution in [-0.2, 0) is 9.13 Å². The van der Waals surface area contributed by atoms with Crippen LogP contribution in [0.2, 0.25) is 0 Å². The first-order valence-electron chi connectivity index (χ1n) is 7.25. The van der Waals surface area contributed by atoms with E-state index in [9.17, 15) is 14.2 Å². The van der Waals surface area contributed by atoms with Crippen LogP contribution in [-0.4, -0.2) is 84.3 Å². The van der Waals surface area contributed by atoms with Crippen molar-refractivity contribution >= 4 is 44.7 Å². The second-order valence-electron chi connectivity index (χ2n) is 4.31. The van der Waals surface area contributed by atoms with Gasteiger partial charge >= 0.3 is 15.2 Å². The summed E-state index contributed by atoms with van der Waals surface area (Å²) >= 11 is 0. The van der Waals surface area contributed by atoms with Gasteiger partial charge in [0.2, 0.25) is 0 Å². The summed E-state index contributed by atoms with van der Waals surface area (Å²) in [5.74, 6) is 0. The average Bonchev–Trinajstić information content (AvgIpc) is 2.28. The SMILES string of the molecule is [2H][13C]([2H])([2H])N(CCCCC)CCC(O)(P(=O)(O)O)P(=O)(O)O.[Na]. The molecule has 0 spiro atoms. The van der Waals surface area contributed by atoms with Crippen LogP contribution in [0.5, 0.6) is 0 Å². The minimum atomic E-state index is -5.57. The molecular formula is C9H23NNaO7P2. The van der Waals surface area contributed by atoms with Gasteiger partial charge in [0, 0.05) is 46.6 Å². The van der Waals surface area contributed by atoms with Gasteiger partial charge < -0.3 is 29.6 Å². The van der Waals surface area contributed by atoms with Gasteiger partial charge in [-0.3, -0.25) is 9.13 Å². The number of hydrogen-bond donors (Lipinski definition) is 5. The Kier molecular flexibility index (Phi) is 8.24. The van der Waals surface area contributed by atoms with Gasteiger partial charge in [0.25, 0.3) is 5.08 Å². The molecule has 11 heteroatoms. The maximum Gasteiger partial charge on any atom is 0.369 e. The van der Waals surface area contributed by atoms with E-state index >= 15 is 0 Å². The van der Waals surface area contributed by atoms with Crippen LogP contribution >= 0.6 is 15.2 Å². The van der Waals surface area contributed by atoms with E-state index in [0.717, 1.165) is 17.7 Å². The van der Waals surface area contributed by atoms with Crippen LogP contribution in [0.15, 0.2) is 0 Å². The summed E-state index contributed by atoms with van der Waals surface area (Å²) in [4.78, 5) is 36.9. The van der Waals surface area contributed by atoms with Crippen LogP contribution < -0.4 is 0 Å². The molecule has 20 heavy (non-hydrogen) atoms. The molecule has 0 aliphatic carbocycles. The molecule has 0 rings (SSSR count). The first kappa shape index (κ1) is 17.6. The Morgan fingerprint density at radius 1 is 1.10 bits per heavy atom. The van der Waals surface area contributed by atoms with Crippen molar-refractivity contribution in [2.75, 3.05) is 20.1 Å². The molecule has 0 saturated carbocycles. The van der Waals surface area contributed by atoms with E-state index in [1.807, 2.05) is 6.92 Å². The second-order valence-corrected chi connectivity index (χ2v) is 8.32. The zero-order valence-corrected chi connectivity index (χ0v) is 15.4. The van der Waals surface area contributed by atoms with Gasteiger partial charge in [0.15, 0.2) is 0 Å². The quantitative estimate of drug-likeness (QED) is 0.172. The van der Waals surface area contributed by atoms with Crippen molar-refractivity contribution < 1.29 is 37.9 Å². The van der Waals surface area contributed by atoms with Gasteiger partial charge in [0.05, 0.1) is 0 Å². The van der Waals surface area contributed by atoms with Gasteiger partial charge in [-0.15, -0.1) is 0 Å². The van der Waals surface area contributed by atoms with Crippen LogP contribution in [0.3, 0.4) is 0 Å². The average molecular weight is 346 g/mol. The summed E-state index contributed by atoms with van der Waals surface area (Å²) in [5.41, 5.74) is 0. The van der Waals surface area contributed by atoms with Crippen molar-refractivity contribution in [2.45, 2.75) is 37.7 Å². The Hall–Kier alpha value is 1.22. The number of aliphatic hydroxyl groups is 1. The molecule has 8 nitrogen and oxygen atoms in total. The van der Waals surface area contributed by atoms with E-state index < -0.39 is 40.2 Å². The number of unbranched alkanes of at least 4 members (excludes halogenated alkanes) is 2. The minimum Gasteiger partial charge on any atom is -0.367 e. The molecular weight excluding hydrogens is 320 g/mol. The topological polar surface area (TPSA) is 139 Å². The number of nitrogens with zero attached hydrogens (tertiary/aromatic N) is 1. The van der Waals surface area contributed by atoms with E-state index in [4.69, 9.17) is 23.7 Å². The molecule has 0 aromatic rings. The maximum absolute atomic E-state index is 11.2. The van der Waals surface area contributed by atoms with E-state index in [1.165, 1.54) is 0 Å². The van der Waals surface area contributed by atoms with Gasteiger partial charge in [0.1, 0.15) is 0 Å². The van der Waals surface area contributed by atoms with Crippen LogP contribution in [0, 0.1) is 0 Å². The zero-order chi connectivity index (χ0) is 17.8. The normalized spacial score (nSPS) is 16.2. The van der Waals surface area contributed by atoms with Crippen molar-refractivity contribution in [3.63, 3.8) is 0 Å². The molecule has 0 atom stereocenters. The maximum atomic E-state index is 11.2. The summed E-state index contributed by atoms with van der Waals surface area (Å²) in [6.07, 6.45) is 0.989. The van der Waals surface area contributed by atoms with E-state index in [1.54, 1.807) is 0 Å². The third kappa shape index (κ3) is 6.99. The number of rotatable bonds is 9. The molecule has 5 N–H and O–H groups in total.